The van der Waals surface area contributed by atoms with Crippen molar-refractivity contribution >= 4 is 23.8 Å². The smallest absolute Gasteiger partial charge is 0.356 e. The van der Waals surface area contributed by atoms with Crippen LogP contribution in [-0.2, 0) is 20.8 Å². The molecule has 2 aromatic carbocycles. The predicted molar refractivity (Wildman–Crippen MR) is 126 cm³/mol. The van der Waals surface area contributed by atoms with E-state index in [1.807, 2.05) is 0 Å². The first-order valence-corrected chi connectivity index (χ1v) is 11.1. The largest absolute Gasteiger partial charge is 0.507 e. The molecule has 2 heterocycles. The molecule has 12 nitrogen and oxygen atoms in total. The number of carbonyl (C=O) groups excluding carboxylic acids is 2. The second-order valence-electron chi connectivity index (χ2n) is 7.63. The number of rotatable bonds is 9. The number of phenolic OH excluding ortho intramolecular Hbond substituents is 1. The molecule has 2 aromatic rings. The van der Waals surface area contributed by atoms with E-state index in [-0.39, 0.29) is 43.3 Å². The summed E-state index contributed by atoms with van der Waals surface area (Å²) >= 11 is 0. The van der Waals surface area contributed by atoms with Crippen molar-refractivity contribution in [2.75, 3.05) is 27.6 Å². The number of hydrogen-bond acceptors (Lipinski definition) is 11. The number of para-hydroxylation sites is 1. The van der Waals surface area contributed by atoms with E-state index in [0.29, 0.717) is 34.1 Å². The number of ether oxygens (including phenoxy) is 5. The zero-order chi connectivity index (χ0) is 25.7. The normalized spacial score (nSPS) is 15.9. The van der Waals surface area contributed by atoms with Gasteiger partial charge < -0.3 is 33.6 Å². The van der Waals surface area contributed by atoms with Gasteiger partial charge in [0.25, 0.3) is 5.91 Å². The van der Waals surface area contributed by atoms with Crippen LogP contribution in [0.5, 0.6) is 28.7 Å². The van der Waals surface area contributed by atoms with E-state index in [1.54, 1.807) is 19.1 Å². The second-order valence-corrected chi connectivity index (χ2v) is 7.63. The van der Waals surface area contributed by atoms with Crippen molar-refractivity contribution in [2.24, 2.45) is 10.3 Å². The Kier molecular flexibility index (Phi) is 7.42. The Labute approximate surface area is 206 Å². The Bertz CT molecular complexity index is 1230. The molecule has 2 aliphatic heterocycles. The fourth-order valence-corrected chi connectivity index (χ4v) is 3.87. The maximum atomic E-state index is 12.5. The summed E-state index contributed by atoms with van der Waals surface area (Å²) in [5.74, 6) is 0.0135. The van der Waals surface area contributed by atoms with Crippen molar-refractivity contribution in [2.45, 2.75) is 25.9 Å². The highest BCUT2D eigenvalue weighted by molar-refractivity contribution is 6.36. The van der Waals surface area contributed by atoms with E-state index >= 15 is 0 Å². The monoisotopic (exact) mass is 499 g/mol. The molecule has 1 atom stereocenters. The summed E-state index contributed by atoms with van der Waals surface area (Å²) in [6.45, 7) is 1.88. The first-order chi connectivity index (χ1) is 17.5. The van der Waals surface area contributed by atoms with Crippen LogP contribution in [0.25, 0.3) is 0 Å². The number of esters is 1. The van der Waals surface area contributed by atoms with Gasteiger partial charge in [-0.3, -0.25) is 4.79 Å². The van der Waals surface area contributed by atoms with Gasteiger partial charge in [-0.05, 0) is 19.1 Å². The van der Waals surface area contributed by atoms with Gasteiger partial charge in [-0.1, -0.05) is 17.3 Å². The van der Waals surface area contributed by atoms with Gasteiger partial charge in [0, 0.05) is 24.0 Å². The number of nitrogens with zero attached hydrogens (tertiary/aromatic N) is 2. The van der Waals surface area contributed by atoms with Crippen molar-refractivity contribution in [3.8, 4) is 28.7 Å². The number of amides is 1. The van der Waals surface area contributed by atoms with E-state index in [4.69, 9.17) is 28.5 Å². The molecule has 0 saturated heterocycles. The molecule has 4 rings (SSSR count). The van der Waals surface area contributed by atoms with Gasteiger partial charge in [-0.25, -0.2) is 10.2 Å². The Morgan fingerprint density at radius 2 is 1.94 bits per heavy atom. The van der Waals surface area contributed by atoms with Gasteiger partial charge in [0.05, 0.1) is 32.6 Å². The number of hydrazone groups is 1. The number of carbonyl (C=O) groups is 2. The minimum absolute atomic E-state index is 0.0561. The molecule has 0 saturated carbocycles. The molecule has 0 aromatic heterocycles. The number of phenols is 1. The van der Waals surface area contributed by atoms with Crippen molar-refractivity contribution in [1.82, 2.24) is 5.43 Å². The number of aromatic hydroxyl groups is 1. The zero-order valence-electron chi connectivity index (χ0n) is 19.9. The minimum Gasteiger partial charge on any atom is -0.507 e. The van der Waals surface area contributed by atoms with Crippen LogP contribution < -0.4 is 24.4 Å². The highest BCUT2D eigenvalue weighted by Crippen LogP contribution is 2.52. The first-order valence-electron chi connectivity index (χ1n) is 11.1. The summed E-state index contributed by atoms with van der Waals surface area (Å²) in [6.07, 6.45) is 1.33. The van der Waals surface area contributed by atoms with Crippen LogP contribution in [0.4, 0.5) is 0 Å². The SMILES string of the molecule is CCOC(=O)C1=NOC(Cc2c(/C=N\NC(=O)c3ccccc3O)c3c(c(OC)c2OC)OCO3)C1. The highest BCUT2D eigenvalue weighted by Gasteiger charge is 2.34. The maximum absolute atomic E-state index is 12.5. The molecule has 0 aliphatic carbocycles. The minimum atomic E-state index is -0.605. The molecule has 1 amide bonds. The maximum Gasteiger partial charge on any atom is 0.356 e. The second kappa shape index (κ2) is 10.8. The molecule has 0 radical (unpaired) electrons. The number of nitrogens with one attached hydrogen (secondary N) is 1. The molecule has 0 fully saturated rings. The van der Waals surface area contributed by atoms with Gasteiger partial charge in [0.1, 0.15) is 11.9 Å². The third-order valence-electron chi connectivity index (χ3n) is 5.46. The lowest BCUT2D eigenvalue weighted by Crippen LogP contribution is -2.20. The molecular formula is C24H25N3O9. The van der Waals surface area contributed by atoms with E-state index in [2.05, 4.69) is 15.7 Å². The molecule has 190 valence electrons. The third kappa shape index (κ3) is 4.83. The van der Waals surface area contributed by atoms with Gasteiger partial charge in [0.15, 0.2) is 17.2 Å². The number of hydrogen-bond donors (Lipinski definition) is 2. The molecular weight excluding hydrogens is 474 g/mol. The summed E-state index contributed by atoms with van der Waals surface area (Å²) in [4.78, 5) is 30.0. The molecule has 2 aliphatic rings. The zero-order valence-corrected chi connectivity index (χ0v) is 19.9. The molecule has 1 unspecified atom stereocenters. The highest BCUT2D eigenvalue weighted by atomic mass is 16.7. The van der Waals surface area contributed by atoms with E-state index in [9.17, 15) is 14.7 Å². The van der Waals surface area contributed by atoms with Crippen molar-refractivity contribution in [1.29, 1.82) is 0 Å². The fraction of sp³-hybridized carbons (Fsp3) is 0.333. The first kappa shape index (κ1) is 24.6. The van der Waals surface area contributed by atoms with Crippen molar-refractivity contribution in [3.63, 3.8) is 0 Å². The predicted octanol–water partition coefficient (Wildman–Crippen LogP) is 2.15. The fourth-order valence-electron chi connectivity index (χ4n) is 3.87. The Morgan fingerprint density at radius 3 is 2.67 bits per heavy atom. The van der Waals surface area contributed by atoms with Crippen molar-refractivity contribution < 1.29 is 43.2 Å². The molecule has 0 bridgehead atoms. The van der Waals surface area contributed by atoms with Crippen LogP contribution in [-0.4, -0.2) is 62.6 Å². The summed E-state index contributed by atoms with van der Waals surface area (Å²) in [7, 11) is 2.94. The lowest BCUT2D eigenvalue weighted by molar-refractivity contribution is -0.135. The van der Waals surface area contributed by atoms with Crippen LogP contribution in [0.15, 0.2) is 34.5 Å². The van der Waals surface area contributed by atoms with Gasteiger partial charge in [-0.15, -0.1) is 0 Å². The van der Waals surface area contributed by atoms with E-state index in [0.717, 1.165) is 0 Å². The summed E-state index contributed by atoms with van der Waals surface area (Å²) in [6, 6.07) is 6.09. The molecule has 36 heavy (non-hydrogen) atoms. The average molecular weight is 499 g/mol. The van der Waals surface area contributed by atoms with Crippen LogP contribution in [0.2, 0.25) is 0 Å². The van der Waals surface area contributed by atoms with Crippen LogP contribution in [0.1, 0.15) is 34.8 Å². The lowest BCUT2D eigenvalue weighted by Gasteiger charge is -2.19. The standard InChI is InChI=1S/C24H25N3O9/c1-4-33-24(30)17-10-13(36-27-17)9-15-16(11-25-26-23(29)14-7-5-6-8-18(14)28)20-22(35-12-34-20)21(32-3)19(15)31-2/h5-8,11,13,28H,4,9-10,12H2,1-3H3,(H,26,29)/b25-11-. The number of oxime groups is 1. The summed E-state index contributed by atoms with van der Waals surface area (Å²) in [5.41, 5.74) is 3.66. The van der Waals surface area contributed by atoms with Crippen LogP contribution in [0, 0.1) is 0 Å². The van der Waals surface area contributed by atoms with Crippen molar-refractivity contribution in [3.05, 3.63) is 41.0 Å². The summed E-state index contributed by atoms with van der Waals surface area (Å²) < 4.78 is 27.4. The van der Waals surface area contributed by atoms with E-state index < -0.39 is 18.0 Å². The number of benzene rings is 2. The van der Waals surface area contributed by atoms with Crippen LogP contribution in [0.3, 0.4) is 0 Å². The summed E-state index contributed by atoms with van der Waals surface area (Å²) in [5, 5.41) is 17.8. The Hall–Kier alpha value is -4.48. The topological polar surface area (TPSA) is 146 Å². The molecule has 2 N–H and O–H groups in total. The van der Waals surface area contributed by atoms with Gasteiger partial charge in [-0.2, -0.15) is 5.10 Å². The Balaban J connectivity index is 1.65. The Morgan fingerprint density at radius 1 is 1.19 bits per heavy atom. The number of fused-ring (bicyclic) bond motifs is 1. The molecule has 12 heteroatoms. The average Bonchev–Trinajstić information content (AvgIpc) is 3.55. The van der Waals surface area contributed by atoms with Crippen LogP contribution >= 0.6 is 0 Å². The quantitative estimate of drug-likeness (QED) is 0.301. The van der Waals surface area contributed by atoms with Gasteiger partial charge >= 0.3 is 5.97 Å². The van der Waals surface area contributed by atoms with E-state index in [1.165, 1.54) is 32.6 Å². The third-order valence-corrected chi connectivity index (χ3v) is 5.46. The molecule has 0 spiro atoms. The lowest BCUT2D eigenvalue weighted by atomic mass is 9.96. The van der Waals surface area contributed by atoms with Gasteiger partial charge in [0.2, 0.25) is 18.3 Å². The number of methoxy groups -OCH3 is 2.